The molecule has 3 nitrogen and oxygen atoms in total. The van der Waals surface area contributed by atoms with Gasteiger partial charge in [0, 0.05) is 19.0 Å². The summed E-state index contributed by atoms with van der Waals surface area (Å²) in [4.78, 5) is 11.5. The van der Waals surface area contributed by atoms with Crippen molar-refractivity contribution in [2.24, 2.45) is 11.8 Å². The second kappa shape index (κ2) is 6.08. The molecule has 1 aliphatic rings. The van der Waals surface area contributed by atoms with Crippen LogP contribution < -0.4 is 4.90 Å². The molecule has 0 aliphatic carbocycles. The van der Waals surface area contributed by atoms with Gasteiger partial charge < -0.3 is 4.90 Å². The highest BCUT2D eigenvalue weighted by Gasteiger charge is 2.24. The molecule has 1 saturated heterocycles. The highest BCUT2D eigenvalue weighted by atomic mass is 35.5. The first-order valence-electron chi connectivity index (χ1n) is 7.18. The molecule has 0 N–H and O–H groups in total. The smallest absolute Gasteiger partial charge is 0.131 e. The Bertz CT molecular complexity index is 423. The molecule has 2 heterocycles. The molecule has 0 spiro atoms. The van der Waals surface area contributed by atoms with E-state index in [0.717, 1.165) is 42.1 Å². The van der Waals surface area contributed by atoms with Crippen molar-refractivity contribution in [1.82, 2.24) is 9.97 Å². The van der Waals surface area contributed by atoms with Gasteiger partial charge in [0.2, 0.25) is 0 Å². The lowest BCUT2D eigenvalue weighted by atomic mass is 9.91. The number of hydrogen-bond acceptors (Lipinski definition) is 3. The molecule has 1 aromatic heterocycles. The van der Waals surface area contributed by atoms with Crippen LogP contribution in [0, 0.1) is 11.8 Å². The van der Waals surface area contributed by atoms with Crippen LogP contribution in [0.1, 0.15) is 51.6 Å². The second-order valence-electron chi connectivity index (χ2n) is 6.20. The van der Waals surface area contributed by atoms with E-state index in [0.29, 0.717) is 11.8 Å². The fourth-order valence-corrected chi connectivity index (χ4v) is 3.12. The number of rotatable bonds is 3. The van der Waals surface area contributed by atoms with Crippen molar-refractivity contribution in [2.45, 2.75) is 45.9 Å². The second-order valence-corrected chi connectivity index (χ2v) is 6.47. The zero-order valence-electron chi connectivity index (χ0n) is 12.4. The SMILES string of the molecule is CC1CC(C)CN(c2cnc(C(C)C)nc2CCl)C1. The summed E-state index contributed by atoms with van der Waals surface area (Å²) < 4.78 is 0. The maximum atomic E-state index is 6.08. The summed E-state index contributed by atoms with van der Waals surface area (Å²) in [5, 5.41) is 0. The summed E-state index contributed by atoms with van der Waals surface area (Å²) in [6.45, 7) is 11.0. The average molecular weight is 282 g/mol. The zero-order chi connectivity index (χ0) is 14.0. The third-order valence-electron chi connectivity index (χ3n) is 3.72. The molecule has 0 saturated carbocycles. The molecular formula is C15H24ClN3. The molecule has 2 unspecified atom stereocenters. The van der Waals surface area contributed by atoms with Gasteiger partial charge in [0.05, 0.1) is 23.5 Å². The van der Waals surface area contributed by atoms with Crippen LogP contribution in [0.25, 0.3) is 0 Å². The van der Waals surface area contributed by atoms with E-state index in [4.69, 9.17) is 11.6 Å². The minimum absolute atomic E-state index is 0.343. The van der Waals surface area contributed by atoms with Gasteiger partial charge in [-0.3, -0.25) is 0 Å². The summed E-state index contributed by atoms with van der Waals surface area (Å²) in [5.74, 6) is 3.12. The van der Waals surface area contributed by atoms with Crippen LogP contribution in [0.5, 0.6) is 0 Å². The van der Waals surface area contributed by atoms with E-state index in [1.807, 2.05) is 6.20 Å². The van der Waals surface area contributed by atoms with Gasteiger partial charge in [0.1, 0.15) is 5.82 Å². The first-order chi connectivity index (χ1) is 9.01. The largest absolute Gasteiger partial charge is 0.368 e. The van der Waals surface area contributed by atoms with Crippen LogP contribution in [-0.4, -0.2) is 23.1 Å². The Morgan fingerprint density at radius 3 is 2.47 bits per heavy atom. The summed E-state index contributed by atoms with van der Waals surface area (Å²) in [6, 6.07) is 0. The van der Waals surface area contributed by atoms with Crippen molar-refractivity contribution < 1.29 is 0 Å². The van der Waals surface area contributed by atoms with Crippen LogP contribution in [0.4, 0.5) is 5.69 Å². The molecule has 1 aliphatic heterocycles. The quantitative estimate of drug-likeness (QED) is 0.789. The Morgan fingerprint density at radius 2 is 1.95 bits per heavy atom. The standard InChI is InChI=1S/C15H24ClN3/c1-10(2)15-17-7-14(13(6-16)18-15)19-8-11(3)5-12(4)9-19/h7,10-12H,5-6,8-9H2,1-4H3. The summed E-state index contributed by atoms with van der Waals surface area (Å²) in [7, 11) is 0. The predicted molar refractivity (Wildman–Crippen MR) is 80.8 cm³/mol. The molecule has 0 radical (unpaired) electrons. The van der Waals surface area contributed by atoms with Crippen LogP contribution in [0.3, 0.4) is 0 Å². The molecule has 19 heavy (non-hydrogen) atoms. The Balaban J connectivity index is 2.28. The van der Waals surface area contributed by atoms with Gasteiger partial charge in [0.25, 0.3) is 0 Å². The van der Waals surface area contributed by atoms with Gasteiger partial charge in [0.15, 0.2) is 0 Å². The van der Waals surface area contributed by atoms with Crippen molar-refractivity contribution in [3.8, 4) is 0 Å². The van der Waals surface area contributed by atoms with E-state index in [2.05, 4.69) is 42.6 Å². The Morgan fingerprint density at radius 1 is 1.32 bits per heavy atom. The normalized spacial score (nSPS) is 24.0. The Kier molecular flexibility index (Phi) is 4.67. The first-order valence-corrected chi connectivity index (χ1v) is 7.71. The summed E-state index contributed by atoms with van der Waals surface area (Å²) >= 11 is 6.08. The lowest BCUT2D eigenvalue weighted by molar-refractivity contribution is 0.356. The molecule has 0 bridgehead atoms. The monoisotopic (exact) mass is 281 g/mol. The van der Waals surface area contributed by atoms with Crippen LogP contribution in [0.15, 0.2) is 6.20 Å². The maximum Gasteiger partial charge on any atom is 0.131 e. The van der Waals surface area contributed by atoms with E-state index < -0.39 is 0 Å². The van der Waals surface area contributed by atoms with E-state index in [9.17, 15) is 0 Å². The highest BCUT2D eigenvalue weighted by Crippen LogP contribution is 2.29. The lowest BCUT2D eigenvalue weighted by Crippen LogP contribution is -2.39. The fourth-order valence-electron chi connectivity index (χ4n) is 2.93. The number of halogens is 1. The minimum Gasteiger partial charge on any atom is -0.368 e. The molecule has 1 aromatic rings. The van der Waals surface area contributed by atoms with E-state index in [1.165, 1.54) is 6.42 Å². The van der Waals surface area contributed by atoms with Gasteiger partial charge in [-0.2, -0.15) is 0 Å². The number of anilines is 1. The van der Waals surface area contributed by atoms with Crippen molar-refractivity contribution in [3.05, 3.63) is 17.7 Å². The molecule has 2 atom stereocenters. The van der Waals surface area contributed by atoms with Crippen molar-refractivity contribution >= 4 is 17.3 Å². The fraction of sp³-hybridized carbons (Fsp3) is 0.733. The Hall–Kier alpha value is -0.830. The lowest BCUT2D eigenvalue weighted by Gasteiger charge is -2.37. The van der Waals surface area contributed by atoms with Crippen LogP contribution in [0.2, 0.25) is 0 Å². The number of piperidine rings is 1. The number of alkyl halides is 1. The average Bonchev–Trinajstić information content (AvgIpc) is 2.36. The molecule has 0 amide bonds. The van der Waals surface area contributed by atoms with E-state index >= 15 is 0 Å². The molecular weight excluding hydrogens is 258 g/mol. The number of aromatic nitrogens is 2. The number of hydrogen-bond donors (Lipinski definition) is 0. The van der Waals surface area contributed by atoms with Crippen molar-refractivity contribution in [1.29, 1.82) is 0 Å². The third kappa shape index (κ3) is 3.38. The molecule has 1 fully saturated rings. The highest BCUT2D eigenvalue weighted by molar-refractivity contribution is 6.17. The molecule has 2 rings (SSSR count). The number of nitrogens with zero attached hydrogens (tertiary/aromatic N) is 3. The molecule has 0 aromatic carbocycles. The van der Waals surface area contributed by atoms with Gasteiger partial charge >= 0.3 is 0 Å². The van der Waals surface area contributed by atoms with E-state index in [-0.39, 0.29) is 0 Å². The van der Waals surface area contributed by atoms with Gasteiger partial charge in [-0.15, -0.1) is 11.6 Å². The van der Waals surface area contributed by atoms with Crippen molar-refractivity contribution in [3.63, 3.8) is 0 Å². The third-order valence-corrected chi connectivity index (χ3v) is 3.97. The van der Waals surface area contributed by atoms with Gasteiger partial charge in [-0.25, -0.2) is 9.97 Å². The zero-order valence-corrected chi connectivity index (χ0v) is 13.1. The van der Waals surface area contributed by atoms with Crippen molar-refractivity contribution in [2.75, 3.05) is 18.0 Å². The summed E-state index contributed by atoms with van der Waals surface area (Å²) in [5.41, 5.74) is 2.10. The van der Waals surface area contributed by atoms with Crippen LogP contribution in [-0.2, 0) is 5.88 Å². The molecule has 106 valence electrons. The first kappa shape index (κ1) is 14.6. The minimum atomic E-state index is 0.343. The van der Waals surface area contributed by atoms with Crippen LogP contribution >= 0.6 is 11.6 Å². The van der Waals surface area contributed by atoms with Gasteiger partial charge in [-0.05, 0) is 18.3 Å². The topological polar surface area (TPSA) is 29.0 Å². The van der Waals surface area contributed by atoms with Gasteiger partial charge in [-0.1, -0.05) is 27.7 Å². The predicted octanol–water partition coefficient (Wildman–Crippen LogP) is 3.82. The maximum absolute atomic E-state index is 6.08. The molecule has 4 heteroatoms. The summed E-state index contributed by atoms with van der Waals surface area (Å²) in [6.07, 6.45) is 3.27. The van der Waals surface area contributed by atoms with E-state index in [1.54, 1.807) is 0 Å². The Labute approximate surface area is 121 Å².